The Labute approximate surface area is 117 Å². The number of hydrogen-bond donors (Lipinski definition) is 1. The van der Waals surface area contributed by atoms with Gasteiger partial charge in [0.2, 0.25) is 5.91 Å². The molecule has 0 spiro atoms. The molecule has 4 heteroatoms. The Kier molecular flexibility index (Phi) is 4.78. The molecule has 1 unspecified atom stereocenters. The minimum atomic E-state index is 0.196. The van der Waals surface area contributed by atoms with E-state index in [0.29, 0.717) is 12.5 Å². The van der Waals surface area contributed by atoms with E-state index in [-0.39, 0.29) is 5.91 Å². The van der Waals surface area contributed by atoms with Crippen LogP contribution < -0.4 is 5.32 Å². The Bertz CT molecular complexity index is 416. The standard InChI is InChI=1S/C14H19BrN2O/c1-17(13-6-3-7-16-10-13)14(18)9-11-4-2-5-12(15)8-11/h2,4-5,8,13,16H,3,6-7,9-10H2,1H3. The van der Waals surface area contributed by atoms with E-state index in [1.807, 2.05) is 36.2 Å². The molecule has 1 aliphatic heterocycles. The molecule has 2 rings (SSSR count). The van der Waals surface area contributed by atoms with Crippen LogP contribution in [0.1, 0.15) is 18.4 Å². The van der Waals surface area contributed by atoms with Crippen LogP contribution in [0.3, 0.4) is 0 Å². The van der Waals surface area contributed by atoms with Crippen LogP contribution in [0.25, 0.3) is 0 Å². The molecule has 0 aromatic heterocycles. The number of benzene rings is 1. The Morgan fingerprint density at radius 1 is 1.56 bits per heavy atom. The number of piperidine rings is 1. The van der Waals surface area contributed by atoms with Gasteiger partial charge in [-0.15, -0.1) is 0 Å². The smallest absolute Gasteiger partial charge is 0.227 e. The number of nitrogens with zero attached hydrogens (tertiary/aromatic N) is 1. The lowest BCUT2D eigenvalue weighted by Crippen LogP contribution is -2.47. The van der Waals surface area contributed by atoms with Crippen molar-refractivity contribution in [2.24, 2.45) is 0 Å². The summed E-state index contributed by atoms with van der Waals surface area (Å²) in [6, 6.07) is 8.29. The molecule has 1 aliphatic rings. The third kappa shape index (κ3) is 3.56. The molecule has 18 heavy (non-hydrogen) atoms. The first-order valence-corrected chi connectivity index (χ1v) is 7.17. The molecule has 0 radical (unpaired) electrons. The van der Waals surface area contributed by atoms with Gasteiger partial charge >= 0.3 is 0 Å². The van der Waals surface area contributed by atoms with Crippen molar-refractivity contribution < 1.29 is 4.79 Å². The fraction of sp³-hybridized carbons (Fsp3) is 0.500. The van der Waals surface area contributed by atoms with Gasteiger partial charge in [0, 0.05) is 24.1 Å². The highest BCUT2D eigenvalue weighted by molar-refractivity contribution is 9.10. The van der Waals surface area contributed by atoms with E-state index in [1.165, 1.54) is 0 Å². The van der Waals surface area contributed by atoms with Crippen LogP contribution in [0.15, 0.2) is 28.7 Å². The van der Waals surface area contributed by atoms with Crippen LogP contribution in [-0.2, 0) is 11.2 Å². The summed E-state index contributed by atoms with van der Waals surface area (Å²) in [5.74, 6) is 0.196. The minimum Gasteiger partial charge on any atom is -0.341 e. The van der Waals surface area contributed by atoms with Gasteiger partial charge in [-0.25, -0.2) is 0 Å². The van der Waals surface area contributed by atoms with Crippen LogP contribution in [-0.4, -0.2) is 37.0 Å². The number of carbonyl (C=O) groups is 1. The number of hydrogen-bond acceptors (Lipinski definition) is 2. The molecule has 1 heterocycles. The number of nitrogens with one attached hydrogen (secondary N) is 1. The fourth-order valence-corrected chi connectivity index (χ4v) is 2.76. The minimum absolute atomic E-state index is 0.196. The van der Waals surface area contributed by atoms with E-state index in [1.54, 1.807) is 0 Å². The van der Waals surface area contributed by atoms with E-state index in [9.17, 15) is 4.79 Å². The van der Waals surface area contributed by atoms with Crippen molar-refractivity contribution in [3.05, 3.63) is 34.3 Å². The molecule has 1 N–H and O–H groups in total. The van der Waals surface area contributed by atoms with Gasteiger partial charge in [0.05, 0.1) is 6.42 Å². The van der Waals surface area contributed by atoms with Gasteiger partial charge in [-0.2, -0.15) is 0 Å². The molecule has 0 saturated carbocycles. The van der Waals surface area contributed by atoms with E-state index in [2.05, 4.69) is 21.2 Å². The molecule has 1 saturated heterocycles. The second-order valence-electron chi connectivity index (χ2n) is 4.81. The third-order valence-electron chi connectivity index (χ3n) is 3.46. The maximum absolute atomic E-state index is 12.2. The second kappa shape index (κ2) is 6.34. The normalized spacial score (nSPS) is 19.6. The van der Waals surface area contributed by atoms with Crippen molar-refractivity contribution in [3.63, 3.8) is 0 Å². The van der Waals surface area contributed by atoms with E-state index < -0.39 is 0 Å². The maximum atomic E-state index is 12.2. The summed E-state index contributed by atoms with van der Waals surface area (Å²) in [5, 5.41) is 3.34. The zero-order valence-electron chi connectivity index (χ0n) is 10.7. The summed E-state index contributed by atoms with van der Waals surface area (Å²) in [5.41, 5.74) is 1.06. The van der Waals surface area contributed by atoms with Gasteiger partial charge in [-0.3, -0.25) is 4.79 Å². The Hall–Kier alpha value is -0.870. The van der Waals surface area contributed by atoms with Gasteiger partial charge < -0.3 is 10.2 Å². The van der Waals surface area contributed by atoms with Gasteiger partial charge in [0.1, 0.15) is 0 Å². The Morgan fingerprint density at radius 3 is 3.06 bits per heavy atom. The van der Waals surface area contributed by atoms with Crippen molar-refractivity contribution in [1.29, 1.82) is 0 Å². The van der Waals surface area contributed by atoms with Crippen molar-refractivity contribution >= 4 is 21.8 Å². The van der Waals surface area contributed by atoms with E-state index in [0.717, 1.165) is 36.0 Å². The predicted molar refractivity (Wildman–Crippen MR) is 76.5 cm³/mol. The first-order valence-electron chi connectivity index (χ1n) is 6.37. The molecule has 0 aliphatic carbocycles. The Morgan fingerprint density at radius 2 is 2.39 bits per heavy atom. The monoisotopic (exact) mass is 310 g/mol. The molecular weight excluding hydrogens is 292 g/mol. The van der Waals surface area contributed by atoms with Gasteiger partial charge in [-0.05, 0) is 37.1 Å². The SMILES string of the molecule is CN(C(=O)Cc1cccc(Br)c1)C1CCCNC1. The number of likely N-dealkylation sites (N-methyl/N-ethyl adjacent to an activating group) is 1. The molecule has 1 fully saturated rings. The lowest BCUT2D eigenvalue weighted by molar-refractivity contribution is -0.131. The van der Waals surface area contributed by atoms with Crippen LogP contribution in [0.5, 0.6) is 0 Å². The first-order chi connectivity index (χ1) is 8.66. The molecule has 1 amide bonds. The van der Waals surface area contributed by atoms with Crippen LogP contribution in [0.4, 0.5) is 0 Å². The predicted octanol–water partition coefficient (Wildman–Crippen LogP) is 2.20. The fourth-order valence-electron chi connectivity index (χ4n) is 2.31. The molecule has 1 aromatic carbocycles. The summed E-state index contributed by atoms with van der Waals surface area (Å²) < 4.78 is 1.02. The lowest BCUT2D eigenvalue weighted by atomic mass is 10.1. The quantitative estimate of drug-likeness (QED) is 0.928. The van der Waals surface area contributed by atoms with Gasteiger partial charge in [0.25, 0.3) is 0 Å². The van der Waals surface area contributed by atoms with Gasteiger partial charge in [0.15, 0.2) is 0 Å². The second-order valence-corrected chi connectivity index (χ2v) is 5.73. The van der Waals surface area contributed by atoms with E-state index in [4.69, 9.17) is 0 Å². The summed E-state index contributed by atoms with van der Waals surface area (Å²) in [4.78, 5) is 14.1. The molecule has 0 bridgehead atoms. The van der Waals surface area contributed by atoms with Crippen LogP contribution in [0.2, 0.25) is 0 Å². The van der Waals surface area contributed by atoms with Crippen molar-refractivity contribution in [1.82, 2.24) is 10.2 Å². The zero-order chi connectivity index (χ0) is 13.0. The lowest BCUT2D eigenvalue weighted by Gasteiger charge is -2.31. The van der Waals surface area contributed by atoms with Crippen LogP contribution >= 0.6 is 15.9 Å². The van der Waals surface area contributed by atoms with E-state index >= 15 is 0 Å². The summed E-state index contributed by atoms with van der Waals surface area (Å²) in [7, 11) is 1.91. The molecule has 1 atom stereocenters. The highest BCUT2D eigenvalue weighted by Gasteiger charge is 2.21. The van der Waals surface area contributed by atoms with Crippen LogP contribution in [0, 0.1) is 0 Å². The van der Waals surface area contributed by atoms with Crippen molar-refractivity contribution in [2.45, 2.75) is 25.3 Å². The summed E-state index contributed by atoms with van der Waals surface area (Å²) in [6.45, 7) is 1.99. The first kappa shape index (κ1) is 13.6. The highest BCUT2D eigenvalue weighted by Crippen LogP contribution is 2.14. The molecule has 3 nitrogen and oxygen atoms in total. The highest BCUT2D eigenvalue weighted by atomic mass is 79.9. The Balaban J connectivity index is 1.94. The van der Waals surface area contributed by atoms with Crippen molar-refractivity contribution in [3.8, 4) is 0 Å². The summed E-state index contributed by atoms with van der Waals surface area (Å²) in [6.07, 6.45) is 2.74. The molecule has 98 valence electrons. The number of carbonyl (C=O) groups excluding carboxylic acids is 1. The maximum Gasteiger partial charge on any atom is 0.227 e. The largest absolute Gasteiger partial charge is 0.341 e. The van der Waals surface area contributed by atoms with Crippen molar-refractivity contribution in [2.75, 3.05) is 20.1 Å². The summed E-state index contributed by atoms with van der Waals surface area (Å²) >= 11 is 3.43. The number of halogens is 1. The number of amides is 1. The number of rotatable bonds is 3. The van der Waals surface area contributed by atoms with Gasteiger partial charge in [-0.1, -0.05) is 28.1 Å². The zero-order valence-corrected chi connectivity index (χ0v) is 12.2. The third-order valence-corrected chi connectivity index (χ3v) is 3.95. The average Bonchev–Trinajstić information content (AvgIpc) is 2.39. The molecular formula is C14H19BrN2O. The molecule has 1 aromatic rings. The average molecular weight is 311 g/mol. The topological polar surface area (TPSA) is 32.3 Å².